The summed E-state index contributed by atoms with van der Waals surface area (Å²) in [6.45, 7) is 1.63. The molecule has 2 heterocycles. The Balaban J connectivity index is 1.78. The fourth-order valence-electron chi connectivity index (χ4n) is 2.60. The lowest BCUT2D eigenvalue weighted by Gasteiger charge is -2.41. The van der Waals surface area contributed by atoms with Gasteiger partial charge in [0, 0.05) is 26.0 Å². The van der Waals surface area contributed by atoms with Crippen molar-refractivity contribution >= 4 is 11.7 Å². The summed E-state index contributed by atoms with van der Waals surface area (Å²) >= 11 is 0. The topological polar surface area (TPSA) is 75.6 Å². The summed E-state index contributed by atoms with van der Waals surface area (Å²) in [7, 11) is 1.55. The lowest BCUT2D eigenvalue weighted by Crippen LogP contribution is -2.53. The molecule has 3 rings (SSSR count). The van der Waals surface area contributed by atoms with Crippen LogP contribution in [0.1, 0.15) is 25.2 Å². The van der Waals surface area contributed by atoms with E-state index < -0.39 is 24.7 Å². The van der Waals surface area contributed by atoms with Crippen molar-refractivity contribution in [3.8, 4) is 0 Å². The predicted octanol–water partition coefficient (Wildman–Crippen LogP) is 1.78. The average Bonchev–Trinajstić information content (AvgIpc) is 2.59. The van der Waals surface area contributed by atoms with Crippen LogP contribution in [0, 0.1) is 0 Å². The van der Waals surface area contributed by atoms with Crippen LogP contribution >= 0.6 is 0 Å². The third-order valence-electron chi connectivity index (χ3n) is 3.68. The highest BCUT2D eigenvalue weighted by Crippen LogP contribution is 2.32. The molecule has 0 saturated carbocycles. The molecule has 2 aliphatic heterocycles. The number of ether oxygens (including phenoxy) is 4. The molecule has 7 nitrogen and oxygen atoms in total. The summed E-state index contributed by atoms with van der Waals surface area (Å²) < 4.78 is 22.7. The van der Waals surface area contributed by atoms with E-state index in [0.717, 1.165) is 5.56 Å². The van der Waals surface area contributed by atoms with Gasteiger partial charge < -0.3 is 23.8 Å². The number of hydrogen-bond acceptors (Lipinski definition) is 7. The van der Waals surface area contributed by atoms with Gasteiger partial charge in [-0.2, -0.15) is 0 Å². The Bertz CT molecular complexity index is 575. The zero-order valence-electron chi connectivity index (χ0n) is 13.0. The molecule has 124 valence electrons. The first-order valence-corrected chi connectivity index (χ1v) is 7.42. The van der Waals surface area contributed by atoms with Crippen LogP contribution in [0.4, 0.5) is 0 Å². The fourth-order valence-corrected chi connectivity index (χ4v) is 2.60. The maximum Gasteiger partial charge on any atom is 0.331 e. The van der Waals surface area contributed by atoms with Gasteiger partial charge in [-0.1, -0.05) is 35.5 Å². The van der Waals surface area contributed by atoms with Crippen LogP contribution in [0.2, 0.25) is 0 Å². The Morgan fingerprint density at radius 2 is 2.04 bits per heavy atom. The van der Waals surface area contributed by atoms with E-state index in [9.17, 15) is 4.79 Å². The molecule has 4 unspecified atom stereocenters. The van der Waals surface area contributed by atoms with E-state index in [-0.39, 0.29) is 6.10 Å². The van der Waals surface area contributed by atoms with E-state index in [1.165, 1.54) is 6.92 Å². The summed E-state index contributed by atoms with van der Waals surface area (Å²) in [5.74, 6) is -0.485. The van der Waals surface area contributed by atoms with E-state index in [4.69, 9.17) is 23.8 Å². The summed E-state index contributed by atoms with van der Waals surface area (Å²) in [6, 6.07) is 9.61. The highest BCUT2D eigenvalue weighted by Gasteiger charge is 2.43. The minimum Gasteiger partial charge on any atom is -0.355 e. The first kappa shape index (κ1) is 16.1. The first-order chi connectivity index (χ1) is 11.2. The second kappa shape index (κ2) is 7.18. The second-order valence-corrected chi connectivity index (χ2v) is 5.34. The average molecular weight is 321 g/mol. The Morgan fingerprint density at radius 3 is 2.74 bits per heavy atom. The molecule has 23 heavy (non-hydrogen) atoms. The molecule has 0 spiro atoms. The standard InChI is InChI=1S/C16H19NO6/c1-10(18)23-17-12-8-14(19-2)21-13-9-20-16(22-15(12)13)11-6-4-3-5-7-11/h3-7,13-16H,8-9H2,1-2H3/b17-12+. The van der Waals surface area contributed by atoms with E-state index >= 15 is 0 Å². The monoisotopic (exact) mass is 321 g/mol. The highest BCUT2D eigenvalue weighted by atomic mass is 16.7. The number of rotatable bonds is 3. The molecule has 0 radical (unpaired) electrons. The van der Waals surface area contributed by atoms with Crippen LogP contribution < -0.4 is 0 Å². The summed E-state index contributed by atoms with van der Waals surface area (Å²) in [4.78, 5) is 15.8. The molecule has 0 N–H and O–H groups in total. The van der Waals surface area contributed by atoms with Crippen molar-refractivity contribution < 1.29 is 28.6 Å². The largest absolute Gasteiger partial charge is 0.355 e. The molecule has 0 amide bonds. The van der Waals surface area contributed by atoms with Crippen LogP contribution in [0.15, 0.2) is 35.5 Å². The summed E-state index contributed by atoms with van der Waals surface area (Å²) in [6.07, 6.45) is -1.41. The first-order valence-electron chi connectivity index (χ1n) is 7.42. The van der Waals surface area contributed by atoms with Crippen LogP contribution in [0.25, 0.3) is 0 Å². The summed E-state index contributed by atoms with van der Waals surface area (Å²) in [5, 5.41) is 3.92. The van der Waals surface area contributed by atoms with Crippen LogP contribution in [0.5, 0.6) is 0 Å². The number of oxime groups is 1. The molecular formula is C16H19NO6. The van der Waals surface area contributed by atoms with Crippen LogP contribution in [-0.4, -0.2) is 43.9 Å². The minimum absolute atomic E-state index is 0.336. The summed E-state index contributed by atoms with van der Waals surface area (Å²) in [5.41, 5.74) is 1.49. The molecule has 0 bridgehead atoms. The van der Waals surface area contributed by atoms with Gasteiger partial charge in [-0.15, -0.1) is 0 Å². The number of methoxy groups -OCH3 is 1. The predicted molar refractivity (Wildman–Crippen MR) is 79.5 cm³/mol. The SMILES string of the molecule is COC1C/C(=N\OC(C)=O)C2OC(c3ccccc3)OCC2O1. The lowest BCUT2D eigenvalue weighted by atomic mass is 10.0. The Kier molecular flexibility index (Phi) is 5.02. The van der Waals surface area contributed by atoms with Crippen molar-refractivity contribution in [1.82, 2.24) is 0 Å². The van der Waals surface area contributed by atoms with Gasteiger partial charge in [0.05, 0.1) is 12.3 Å². The molecule has 2 fully saturated rings. The van der Waals surface area contributed by atoms with E-state index in [0.29, 0.717) is 18.7 Å². The minimum atomic E-state index is -0.511. The fraction of sp³-hybridized carbons (Fsp3) is 0.500. The van der Waals surface area contributed by atoms with Crippen molar-refractivity contribution in [1.29, 1.82) is 0 Å². The molecule has 1 aromatic carbocycles. The quantitative estimate of drug-likeness (QED) is 0.624. The lowest BCUT2D eigenvalue weighted by molar-refractivity contribution is -0.286. The van der Waals surface area contributed by atoms with Gasteiger partial charge in [-0.05, 0) is 0 Å². The van der Waals surface area contributed by atoms with Crippen molar-refractivity contribution in [2.24, 2.45) is 5.16 Å². The van der Waals surface area contributed by atoms with Crippen molar-refractivity contribution in [2.75, 3.05) is 13.7 Å². The van der Waals surface area contributed by atoms with Crippen LogP contribution in [-0.2, 0) is 28.6 Å². The molecule has 1 aromatic rings. The second-order valence-electron chi connectivity index (χ2n) is 5.34. The third kappa shape index (κ3) is 3.76. The molecule has 2 saturated heterocycles. The van der Waals surface area contributed by atoms with Crippen LogP contribution in [0.3, 0.4) is 0 Å². The van der Waals surface area contributed by atoms with Gasteiger partial charge in [0.2, 0.25) is 0 Å². The molecule has 4 atom stereocenters. The Labute approximate surface area is 134 Å². The van der Waals surface area contributed by atoms with Crippen molar-refractivity contribution in [3.63, 3.8) is 0 Å². The van der Waals surface area contributed by atoms with Crippen molar-refractivity contribution in [3.05, 3.63) is 35.9 Å². The number of carbonyl (C=O) groups excluding carboxylic acids is 1. The highest BCUT2D eigenvalue weighted by molar-refractivity contribution is 5.90. The molecular weight excluding hydrogens is 302 g/mol. The number of fused-ring (bicyclic) bond motifs is 1. The van der Waals surface area contributed by atoms with Gasteiger partial charge in [-0.25, -0.2) is 4.79 Å². The van der Waals surface area contributed by atoms with E-state index in [2.05, 4.69) is 5.16 Å². The van der Waals surface area contributed by atoms with E-state index in [1.807, 2.05) is 30.3 Å². The van der Waals surface area contributed by atoms with Gasteiger partial charge in [0.25, 0.3) is 0 Å². The van der Waals surface area contributed by atoms with E-state index in [1.54, 1.807) is 7.11 Å². The normalized spacial score (nSPS) is 32.3. The number of carbonyl (C=O) groups is 1. The number of hydrogen-bond donors (Lipinski definition) is 0. The molecule has 0 aliphatic carbocycles. The Morgan fingerprint density at radius 1 is 1.26 bits per heavy atom. The van der Waals surface area contributed by atoms with Gasteiger partial charge in [0.15, 0.2) is 12.6 Å². The Hall–Kier alpha value is -1.80. The number of nitrogens with zero attached hydrogens (tertiary/aromatic N) is 1. The zero-order chi connectivity index (χ0) is 16.2. The number of benzene rings is 1. The smallest absolute Gasteiger partial charge is 0.331 e. The van der Waals surface area contributed by atoms with Gasteiger partial charge in [-0.3, -0.25) is 0 Å². The van der Waals surface area contributed by atoms with Crippen molar-refractivity contribution in [2.45, 2.75) is 38.1 Å². The molecule has 0 aromatic heterocycles. The third-order valence-corrected chi connectivity index (χ3v) is 3.68. The molecule has 2 aliphatic rings. The molecule has 7 heteroatoms. The van der Waals surface area contributed by atoms with Gasteiger partial charge >= 0.3 is 5.97 Å². The maximum absolute atomic E-state index is 11.0. The zero-order valence-corrected chi connectivity index (χ0v) is 13.0. The van der Waals surface area contributed by atoms with Gasteiger partial charge in [0.1, 0.15) is 12.2 Å². The maximum atomic E-state index is 11.0.